The molecule has 1 amide bonds. The summed E-state index contributed by atoms with van der Waals surface area (Å²) in [5, 5.41) is 3.83. The molecule has 1 aliphatic rings. The molecular weight excluding hydrogens is 140 g/mol. The van der Waals surface area contributed by atoms with E-state index < -0.39 is 0 Å². The van der Waals surface area contributed by atoms with Crippen molar-refractivity contribution in [2.75, 3.05) is 0 Å². The second-order valence-electron chi connectivity index (χ2n) is 2.94. The molecule has 3 nitrogen and oxygen atoms in total. The number of carbonyl (C=O) groups excluding carboxylic acids is 1. The third-order valence-corrected chi connectivity index (χ3v) is 1.72. The fourth-order valence-electron chi connectivity index (χ4n) is 1.08. The van der Waals surface area contributed by atoms with Crippen LogP contribution in [-0.2, 0) is 4.79 Å². The van der Waals surface area contributed by atoms with E-state index in [9.17, 15) is 4.79 Å². The number of hydrazone groups is 1. The van der Waals surface area contributed by atoms with Crippen molar-refractivity contribution >= 4 is 11.6 Å². The molecular formula is C8H12N2O. The Morgan fingerprint density at radius 2 is 2.45 bits per heavy atom. The summed E-state index contributed by atoms with van der Waals surface area (Å²) >= 11 is 0. The Bertz CT molecular complexity index is 230. The van der Waals surface area contributed by atoms with Crippen molar-refractivity contribution < 1.29 is 4.79 Å². The molecule has 0 saturated heterocycles. The molecule has 0 saturated carbocycles. The lowest BCUT2D eigenvalue weighted by Gasteiger charge is -2.05. The fraction of sp³-hybridized carbons (Fsp3) is 0.500. The van der Waals surface area contributed by atoms with E-state index >= 15 is 0 Å². The number of carbonyl (C=O) groups is 1. The number of nitrogens with one attached hydrogen (secondary N) is 1. The van der Waals surface area contributed by atoms with Crippen LogP contribution in [-0.4, -0.2) is 11.6 Å². The van der Waals surface area contributed by atoms with Gasteiger partial charge in [0.15, 0.2) is 0 Å². The first-order valence-corrected chi connectivity index (χ1v) is 3.59. The average Bonchev–Trinajstić information content (AvgIpc) is 2.18. The number of amides is 1. The zero-order valence-electron chi connectivity index (χ0n) is 6.85. The monoisotopic (exact) mass is 152 g/mol. The molecule has 0 aromatic carbocycles. The maximum atomic E-state index is 11.1. The largest absolute Gasteiger partial charge is 0.272 e. The number of hydrogen-bond acceptors (Lipinski definition) is 2. The Labute approximate surface area is 66.2 Å². The molecule has 0 aromatic heterocycles. The van der Waals surface area contributed by atoms with E-state index in [2.05, 4.69) is 17.1 Å². The first kappa shape index (κ1) is 7.98. The Balaban J connectivity index is 2.63. The summed E-state index contributed by atoms with van der Waals surface area (Å²) < 4.78 is 0. The Hall–Kier alpha value is -1.12. The van der Waals surface area contributed by atoms with Gasteiger partial charge in [0.05, 0.1) is 5.92 Å². The van der Waals surface area contributed by atoms with Crippen LogP contribution in [0.15, 0.2) is 17.3 Å². The van der Waals surface area contributed by atoms with Crippen LogP contribution in [0, 0.1) is 5.92 Å². The van der Waals surface area contributed by atoms with Gasteiger partial charge in [-0.1, -0.05) is 5.57 Å². The Kier molecular flexibility index (Phi) is 2.08. The predicted octanol–water partition coefficient (Wildman–Crippen LogP) is 1.07. The molecule has 1 heterocycles. The van der Waals surface area contributed by atoms with E-state index in [1.165, 1.54) is 0 Å². The standard InChI is InChI=1S/C8H12N2O/c1-5(2)4-7-6(3)9-10-8(7)11/h7H,1,4H2,2-3H3,(H,10,11)/t7-/m1/s1. The van der Waals surface area contributed by atoms with Gasteiger partial charge in [0.2, 0.25) is 5.91 Å². The average molecular weight is 152 g/mol. The van der Waals surface area contributed by atoms with Crippen molar-refractivity contribution in [2.45, 2.75) is 20.3 Å². The molecule has 0 spiro atoms. The minimum absolute atomic E-state index is 0.00880. The van der Waals surface area contributed by atoms with Gasteiger partial charge in [0.25, 0.3) is 0 Å². The summed E-state index contributed by atoms with van der Waals surface area (Å²) in [7, 11) is 0. The smallest absolute Gasteiger partial charge is 0.249 e. The summed E-state index contributed by atoms with van der Waals surface area (Å²) in [6, 6.07) is 0. The highest BCUT2D eigenvalue weighted by Crippen LogP contribution is 2.15. The summed E-state index contributed by atoms with van der Waals surface area (Å²) in [4.78, 5) is 11.1. The third-order valence-electron chi connectivity index (χ3n) is 1.72. The number of hydrogen-bond donors (Lipinski definition) is 1. The van der Waals surface area contributed by atoms with Gasteiger partial charge >= 0.3 is 0 Å². The van der Waals surface area contributed by atoms with Gasteiger partial charge in [-0.3, -0.25) is 4.79 Å². The van der Waals surface area contributed by atoms with Gasteiger partial charge in [0, 0.05) is 5.71 Å². The molecule has 1 aliphatic heterocycles. The second kappa shape index (κ2) is 2.86. The van der Waals surface area contributed by atoms with Crippen LogP contribution in [0.25, 0.3) is 0 Å². The molecule has 1 N–H and O–H groups in total. The maximum absolute atomic E-state index is 11.1. The Morgan fingerprint density at radius 1 is 1.82 bits per heavy atom. The highest BCUT2D eigenvalue weighted by atomic mass is 16.2. The maximum Gasteiger partial charge on any atom is 0.249 e. The number of nitrogens with zero attached hydrogens (tertiary/aromatic N) is 1. The predicted molar refractivity (Wildman–Crippen MR) is 44.2 cm³/mol. The van der Waals surface area contributed by atoms with Crippen LogP contribution in [0.1, 0.15) is 20.3 Å². The van der Waals surface area contributed by atoms with Gasteiger partial charge in [-0.25, -0.2) is 5.43 Å². The van der Waals surface area contributed by atoms with Crippen molar-refractivity contribution in [2.24, 2.45) is 11.0 Å². The highest BCUT2D eigenvalue weighted by molar-refractivity contribution is 6.07. The molecule has 0 aromatic rings. The van der Waals surface area contributed by atoms with Crippen LogP contribution in [0.3, 0.4) is 0 Å². The van der Waals surface area contributed by atoms with Gasteiger partial charge in [0.1, 0.15) is 0 Å². The summed E-state index contributed by atoms with van der Waals surface area (Å²) in [5.41, 5.74) is 4.31. The fourth-order valence-corrected chi connectivity index (χ4v) is 1.08. The van der Waals surface area contributed by atoms with Crippen molar-refractivity contribution in [1.29, 1.82) is 0 Å². The lowest BCUT2D eigenvalue weighted by Crippen LogP contribution is -2.22. The third kappa shape index (κ3) is 1.67. The summed E-state index contributed by atoms with van der Waals surface area (Å²) in [6.07, 6.45) is 0.709. The molecule has 3 heteroatoms. The molecule has 0 radical (unpaired) electrons. The van der Waals surface area contributed by atoms with Crippen molar-refractivity contribution in [1.82, 2.24) is 5.43 Å². The van der Waals surface area contributed by atoms with Gasteiger partial charge in [-0.15, -0.1) is 6.58 Å². The van der Waals surface area contributed by atoms with E-state index in [0.29, 0.717) is 6.42 Å². The van der Waals surface area contributed by atoms with Crippen LogP contribution in [0.4, 0.5) is 0 Å². The quantitative estimate of drug-likeness (QED) is 0.591. The van der Waals surface area contributed by atoms with E-state index in [0.717, 1.165) is 11.3 Å². The molecule has 0 aliphatic carbocycles. The molecule has 0 fully saturated rings. The van der Waals surface area contributed by atoms with E-state index in [1.54, 1.807) is 0 Å². The SMILES string of the molecule is C=C(C)C[C@H]1C(=O)NN=C1C. The van der Waals surface area contributed by atoms with Crippen molar-refractivity contribution in [3.05, 3.63) is 12.2 Å². The lowest BCUT2D eigenvalue weighted by molar-refractivity contribution is -0.122. The lowest BCUT2D eigenvalue weighted by atomic mass is 9.97. The van der Waals surface area contributed by atoms with Crippen LogP contribution >= 0.6 is 0 Å². The van der Waals surface area contributed by atoms with Crippen LogP contribution < -0.4 is 5.43 Å². The summed E-state index contributed by atoms with van der Waals surface area (Å²) in [5.74, 6) is -0.0852. The zero-order chi connectivity index (χ0) is 8.43. The minimum atomic E-state index is -0.0764. The van der Waals surface area contributed by atoms with Crippen molar-refractivity contribution in [3.63, 3.8) is 0 Å². The normalized spacial score (nSPS) is 22.9. The van der Waals surface area contributed by atoms with Crippen LogP contribution in [0.5, 0.6) is 0 Å². The van der Waals surface area contributed by atoms with E-state index in [1.807, 2.05) is 13.8 Å². The highest BCUT2D eigenvalue weighted by Gasteiger charge is 2.26. The molecule has 60 valence electrons. The molecule has 0 unspecified atom stereocenters. The molecule has 11 heavy (non-hydrogen) atoms. The first-order valence-electron chi connectivity index (χ1n) is 3.59. The Morgan fingerprint density at radius 3 is 2.82 bits per heavy atom. The summed E-state index contributed by atoms with van der Waals surface area (Å²) in [6.45, 7) is 7.52. The zero-order valence-corrected chi connectivity index (χ0v) is 6.85. The first-order chi connectivity index (χ1) is 5.11. The van der Waals surface area contributed by atoms with E-state index in [-0.39, 0.29) is 11.8 Å². The molecule has 1 rings (SSSR count). The van der Waals surface area contributed by atoms with Gasteiger partial charge < -0.3 is 0 Å². The van der Waals surface area contributed by atoms with Crippen LogP contribution in [0.2, 0.25) is 0 Å². The second-order valence-corrected chi connectivity index (χ2v) is 2.94. The molecule has 0 bridgehead atoms. The molecule has 1 atom stereocenters. The number of allylic oxidation sites excluding steroid dienone is 1. The van der Waals surface area contributed by atoms with Gasteiger partial charge in [-0.2, -0.15) is 5.10 Å². The number of rotatable bonds is 2. The van der Waals surface area contributed by atoms with Gasteiger partial charge in [-0.05, 0) is 20.3 Å². The van der Waals surface area contributed by atoms with E-state index in [4.69, 9.17) is 0 Å². The topological polar surface area (TPSA) is 41.5 Å². The minimum Gasteiger partial charge on any atom is -0.272 e. The van der Waals surface area contributed by atoms with Crippen molar-refractivity contribution in [3.8, 4) is 0 Å².